The van der Waals surface area contributed by atoms with Crippen LogP contribution in [0.15, 0.2) is 36.4 Å². The molecule has 1 aliphatic rings. The van der Waals surface area contributed by atoms with Crippen molar-refractivity contribution in [3.8, 4) is 5.75 Å². The summed E-state index contributed by atoms with van der Waals surface area (Å²) < 4.78 is 11.8. The van der Waals surface area contributed by atoms with Crippen LogP contribution in [0.25, 0.3) is 0 Å². The molecule has 1 aromatic heterocycles. The summed E-state index contributed by atoms with van der Waals surface area (Å²) in [5.41, 5.74) is -0.00656. The molecular formula is C20H25N3O4. The predicted molar refractivity (Wildman–Crippen MR) is 101 cm³/mol. The molecular weight excluding hydrogens is 346 g/mol. The van der Waals surface area contributed by atoms with Crippen LogP contribution in [0.4, 0.5) is 15.4 Å². The zero-order chi connectivity index (χ0) is 19.7. The number of rotatable bonds is 3. The second-order valence-electron chi connectivity index (χ2n) is 8.05. The molecule has 7 heteroatoms. The highest BCUT2D eigenvalue weighted by Gasteiger charge is 2.37. The zero-order valence-corrected chi connectivity index (χ0v) is 16.1. The molecule has 0 saturated heterocycles. The van der Waals surface area contributed by atoms with Crippen LogP contribution in [-0.2, 0) is 10.2 Å². The molecule has 1 amide bonds. The van der Waals surface area contributed by atoms with Crippen molar-refractivity contribution < 1.29 is 19.1 Å². The summed E-state index contributed by atoms with van der Waals surface area (Å²) in [6, 6.07) is 10.4. The molecule has 7 nitrogen and oxygen atoms in total. The summed E-state index contributed by atoms with van der Waals surface area (Å²) in [4.78, 5) is 24.8. The second-order valence-corrected chi connectivity index (χ2v) is 8.05. The lowest BCUT2D eigenvalue weighted by molar-refractivity contribution is 0.0516. The third kappa shape index (κ3) is 4.48. The number of ether oxygens (including phenoxy) is 2. The van der Waals surface area contributed by atoms with Gasteiger partial charge in [-0.05, 0) is 45.7 Å². The first-order valence-corrected chi connectivity index (χ1v) is 9.04. The summed E-state index contributed by atoms with van der Waals surface area (Å²) in [6.45, 7) is 7.43. The maximum Gasteiger partial charge on any atom is 0.437 e. The van der Waals surface area contributed by atoms with Crippen LogP contribution in [0.5, 0.6) is 5.75 Å². The Balaban J connectivity index is 1.83. The van der Waals surface area contributed by atoms with Gasteiger partial charge in [0.05, 0.1) is 5.69 Å². The van der Waals surface area contributed by atoms with E-state index in [1.807, 2.05) is 6.07 Å². The smallest absolute Gasteiger partial charge is 0.437 e. The van der Waals surface area contributed by atoms with E-state index in [9.17, 15) is 9.59 Å². The van der Waals surface area contributed by atoms with E-state index in [2.05, 4.69) is 17.3 Å². The van der Waals surface area contributed by atoms with Gasteiger partial charge in [0.25, 0.3) is 0 Å². The average molecular weight is 371 g/mol. The van der Waals surface area contributed by atoms with Crippen LogP contribution in [0.2, 0.25) is 0 Å². The molecule has 0 radical (unpaired) electrons. The Labute approximate surface area is 158 Å². The largest absolute Gasteiger partial charge is 0.442 e. The summed E-state index contributed by atoms with van der Waals surface area (Å²) in [5.74, 6) is 0.637. The molecule has 144 valence electrons. The van der Waals surface area contributed by atoms with Gasteiger partial charge in [-0.2, -0.15) is 5.10 Å². The Morgan fingerprint density at radius 3 is 2.41 bits per heavy atom. The van der Waals surface area contributed by atoms with E-state index in [1.165, 1.54) is 0 Å². The van der Waals surface area contributed by atoms with E-state index < -0.39 is 17.8 Å². The number of amides is 1. The number of nitrogens with one attached hydrogen (secondary N) is 1. The lowest BCUT2D eigenvalue weighted by atomic mass is 9.68. The summed E-state index contributed by atoms with van der Waals surface area (Å²) >= 11 is 0. The van der Waals surface area contributed by atoms with E-state index >= 15 is 0 Å². The number of aromatic nitrogens is 2. The lowest BCUT2D eigenvalue weighted by Gasteiger charge is -2.36. The molecule has 0 unspecified atom stereocenters. The Morgan fingerprint density at radius 1 is 1.19 bits per heavy atom. The molecule has 1 aromatic carbocycles. The van der Waals surface area contributed by atoms with Gasteiger partial charge < -0.3 is 9.47 Å². The van der Waals surface area contributed by atoms with E-state index in [0.29, 0.717) is 5.75 Å². The molecule has 1 aliphatic carbocycles. The summed E-state index contributed by atoms with van der Waals surface area (Å²) in [6.07, 6.45) is 1.76. The molecule has 0 aliphatic heterocycles. The van der Waals surface area contributed by atoms with Crippen molar-refractivity contribution in [2.75, 3.05) is 5.32 Å². The normalized spacial score (nSPS) is 15.6. The van der Waals surface area contributed by atoms with E-state index in [4.69, 9.17) is 9.47 Å². The van der Waals surface area contributed by atoms with Gasteiger partial charge >= 0.3 is 12.2 Å². The van der Waals surface area contributed by atoms with Crippen molar-refractivity contribution in [3.05, 3.63) is 42.1 Å². The molecule has 0 bridgehead atoms. The fourth-order valence-electron chi connectivity index (χ4n) is 2.90. The Morgan fingerprint density at radius 2 is 1.85 bits per heavy atom. The number of hydrogen-bond donors (Lipinski definition) is 1. The van der Waals surface area contributed by atoms with Gasteiger partial charge in [0.1, 0.15) is 17.2 Å². The number of benzene rings is 1. The van der Waals surface area contributed by atoms with Crippen molar-refractivity contribution in [1.82, 2.24) is 9.78 Å². The molecule has 0 spiro atoms. The Bertz CT molecular complexity index is 833. The maximum atomic E-state index is 12.6. The molecule has 3 rings (SSSR count). The molecule has 1 saturated carbocycles. The fraction of sp³-hybridized carbons (Fsp3) is 0.450. The van der Waals surface area contributed by atoms with Gasteiger partial charge in [0.2, 0.25) is 0 Å². The average Bonchev–Trinajstić information content (AvgIpc) is 2.96. The van der Waals surface area contributed by atoms with Gasteiger partial charge in [-0.15, -0.1) is 4.68 Å². The van der Waals surface area contributed by atoms with E-state index in [1.54, 1.807) is 51.1 Å². The molecule has 0 atom stereocenters. The van der Waals surface area contributed by atoms with Crippen molar-refractivity contribution in [1.29, 1.82) is 0 Å². The minimum atomic E-state index is -0.698. The van der Waals surface area contributed by atoms with Crippen LogP contribution in [0, 0.1) is 0 Å². The third-order valence-corrected chi connectivity index (χ3v) is 4.54. The minimum Gasteiger partial charge on any atom is -0.442 e. The molecule has 27 heavy (non-hydrogen) atoms. The highest BCUT2D eigenvalue weighted by molar-refractivity contribution is 5.88. The van der Waals surface area contributed by atoms with E-state index in [-0.39, 0.29) is 11.2 Å². The number of carbonyl (C=O) groups is 2. The SMILES string of the molecule is CC(C)(C)OC(=O)n1nc(C2(C)CCC2)cc1NC(=O)Oc1ccccc1. The molecule has 1 heterocycles. The van der Waals surface area contributed by atoms with Crippen LogP contribution in [0.3, 0.4) is 0 Å². The summed E-state index contributed by atoms with van der Waals surface area (Å²) in [7, 11) is 0. The maximum absolute atomic E-state index is 12.6. The number of carbonyl (C=O) groups excluding carboxylic acids is 2. The molecule has 1 fully saturated rings. The first-order chi connectivity index (χ1) is 12.7. The quantitative estimate of drug-likeness (QED) is 0.844. The second kappa shape index (κ2) is 7.06. The van der Waals surface area contributed by atoms with Crippen molar-refractivity contribution in [3.63, 3.8) is 0 Å². The topological polar surface area (TPSA) is 82.5 Å². The first kappa shape index (κ1) is 18.9. The van der Waals surface area contributed by atoms with Crippen LogP contribution < -0.4 is 10.1 Å². The monoisotopic (exact) mass is 371 g/mol. The Kier molecular flexibility index (Phi) is 4.95. The van der Waals surface area contributed by atoms with Crippen molar-refractivity contribution in [2.45, 2.75) is 58.0 Å². The zero-order valence-electron chi connectivity index (χ0n) is 16.1. The Hall–Kier alpha value is -2.83. The molecule has 1 N–H and O–H groups in total. The van der Waals surface area contributed by atoms with Crippen LogP contribution in [0.1, 0.15) is 52.7 Å². The van der Waals surface area contributed by atoms with Crippen LogP contribution >= 0.6 is 0 Å². The van der Waals surface area contributed by atoms with Crippen molar-refractivity contribution in [2.24, 2.45) is 0 Å². The van der Waals surface area contributed by atoms with E-state index in [0.717, 1.165) is 29.6 Å². The van der Waals surface area contributed by atoms with Gasteiger partial charge in [0.15, 0.2) is 0 Å². The molecule has 2 aromatic rings. The minimum absolute atomic E-state index is 0.0903. The van der Waals surface area contributed by atoms with Gasteiger partial charge in [0, 0.05) is 11.5 Å². The highest BCUT2D eigenvalue weighted by Crippen LogP contribution is 2.43. The van der Waals surface area contributed by atoms with Gasteiger partial charge in [-0.3, -0.25) is 5.32 Å². The third-order valence-electron chi connectivity index (χ3n) is 4.54. The van der Waals surface area contributed by atoms with Gasteiger partial charge in [-0.1, -0.05) is 31.5 Å². The first-order valence-electron chi connectivity index (χ1n) is 9.04. The lowest BCUT2D eigenvalue weighted by Crippen LogP contribution is -2.32. The number of hydrogen-bond acceptors (Lipinski definition) is 5. The number of anilines is 1. The van der Waals surface area contributed by atoms with Crippen LogP contribution in [-0.4, -0.2) is 27.6 Å². The van der Waals surface area contributed by atoms with Crippen molar-refractivity contribution >= 4 is 18.0 Å². The highest BCUT2D eigenvalue weighted by atomic mass is 16.6. The standard InChI is InChI=1S/C20H25N3O4/c1-19(2,3)27-18(25)23-16(13-15(22-23)20(4)11-8-12-20)21-17(24)26-14-9-6-5-7-10-14/h5-7,9-10,13H,8,11-12H2,1-4H3,(H,21,24). The number of para-hydroxylation sites is 1. The van der Waals surface area contributed by atoms with Gasteiger partial charge in [-0.25, -0.2) is 9.59 Å². The fourth-order valence-corrected chi connectivity index (χ4v) is 2.90. The summed E-state index contributed by atoms with van der Waals surface area (Å²) in [5, 5.41) is 7.02. The number of nitrogens with zero attached hydrogens (tertiary/aromatic N) is 2. The predicted octanol–water partition coefficient (Wildman–Crippen LogP) is 4.72.